The number of hydrogen-bond donors (Lipinski definition) is 0. The number of rotatable bonds is 1. The van der Waals surface area contributed by atoms with Crippen LogP contribution in [-0.2, 0) is 0 Å². The number of likely N-dealkylation sites (N-methyl/N-ethyl adjacent to an activating group) is 1. The van der Waals surface area contributed by atoms with Crippen molar-refractivity contribution in [1.29, 1.82) is 0 Å². The highest BCUT2D eigenvalue weighted by atomic mass is 31.0. The lowest BCUT2D eigenvalue weighted by molar-refractivity contribution is -0.866. The van der Waals surface area contributed by atoms with E-state index in [0.717, 1.165) is 6.04 Å². The Kier molecular flexibility index (Phi) is 4.95. The van der Waals surface area contributed by atoms with E-state index in [1.165, 1.54) is 88.4 Å². The third kappa shape index (κ3) is 3.40. The molecular formula is C19H38N2P+. The van der Waals surface area contributed by atoms with Crippen molar-refractivity contribution < 1.29 is 4.48 Å². The van der Waals surface area contributed by atoms with E-state index in [1.807, 2.05) is 0 Å². The third-order valence-corrected chi connectivity index (χ3v) is 7.72. The standard InChI is InChI=1S/C19H38N2P/c1-18(21-15-17(21)14-20(3)16-21)10-8-6-4-5-7-9-11-19(2,22)13-12-18/h17H,4-16,22H2,1-3H3/q+1/t17?,18-,19?,21?/m0/s1. The Morgan fingerprint density at radius 1 is 0.909 bits per heavy atom. The second-order valence-corrected chi connectivity index (χ2v) is 10.7. The van der Waals surface area contributed by atoms with E-state index in [-0.39, 0.29) is 0 Å². The zero-order valence-electron chi connectivity index (χ0n) is 15.2. The molecule has 3 fully saturated rings. The number of fused-ring (bicyclic) bond motifs is 1. The highest BCUT2D eigenvalue weighted by Gasteiger charge is 2.68. The summed E-state index contributed by atoms with van der Waals surface area (Å²) in [7, 11) is 5.53. The highest BCUT2D eigenvalue weighted by molar-refractivity contribution is 7.18. The molecule has 0 spiro atoms. The first-order valence-corrected chi connectivity index (χ1v) is 10.3. The third-order valence-electron chi connectivity index (χ3n) is 7.14. The minimum absolute atomic E-state index is 0.468. The van der Waals surface area contributed by atoms with Gasteiger partial charge in [-0.25, -0.2) is 0 Å². The fraction of sp³-hybridized carbons (Fsp3) is 1.00. The van der Waals surface area contributed by atoms with Crippen molar-refractivity contribution in [3.63, 3.8) is 0 Å². The van der Waals surface area contributed by atoms with Gasteiger partial charge in [0.05, 0.1) is 12.1 Å². The molecule has 0 amide bonds. The lowest BCUT2D eigenvalue weighted by atomic mass is 9.82. The SMILES string of the molecule is CN1CC2C[N+]2([C@@]2(C)CCCCCCCCC(C)(P)CC2)C1. The van der Waals surface area contributed by atoms with Crippen LogP contribution in [0.4, 0.5) is 0 Å². The molecule has 0 aromatic heterocycles. The van der Waals surface area contributed by atoms with E-state index in [2.05, 4.69) is 35.0 Å². The van der Waals surface area contributed by atoms with Crippen LogP contribution >= 0.6 is 9.24 Å². The molecule has 0 aromatic rings. The van der Waals surface area contributed by atoms with Crippen molar-refractivity contribution in [2.24, 2.45) is 0 Å². The molecule has 0 radical (unpaired) electrons. The Morgan fingerprint density at radius 2 is 1.55 bits per heavy atom. The Labute approximate surface area is 140 Å². The van der Waals surface area contributed by atoms with E-state index >= 15 is 0 Å². The van der Waals surface area contributed by atoms with Gasteiger partial charge in [0.2, 0.25) is 0 Å². The largest absolute Gasteiger partial charge is 0.293 e. The van der Waals surface area contributed by atoms with Gasteiger partial charge in [-0.05, 0) is 38.4 Å². The minimum Gasteiger partial charge on any atom is -0.293 e. The van der Waals surface area contributed by atoms with Crippen LogP contribution in [0.15, 0.2) is 0 Å². The van der Waals surface area contributed by atoms with Gasteiger partial charge in [0, 0.05) is 12.8 Å². The molecule has 1 saturated carbocycles. The van der Waals surface area contributed by atoms with Crippen LogP contribution in [-0.4, -0.2) is 52.9 Å². The number of quaternary nitrogens is 1. The van der Waals surface area contributed by atoms with Gasteiger partial charge in [-0.1, -0.05) is 39.0 Å². The molecule has 2 nitrogen and oxygen atoms in total. The van der Waals surface area contributed by atoms with Crippen LogP contribution in [0.2, 0.25) is 0 Å². The average Bonchev–Trinajstić information content (AvgIpc) is 3.02. The summed E-state index contributed by atoms with van der Waals surface area (Å²) in [4.78, 5) is 2.58. The maximum atomic E-state index is 3.21. The first-order chi connectivity index (χ1) is 10.4. The Bertz CT molecular complexity index is 397. The summed E-state index contributed by atoms with van der Waals surface area (Å²) in [5.74, 6) is 0. The molecule has 0 N–H and O–H groups in total. The highest BCUT2D eigenvalue weighted by Crippen LogP contribution is 2.51. The van der Waals surface area contributed by atoms with E-state index in [4.69, 9.17) is 0 Å². The summed E-state index contributed by atoms with van der Waals surface area (Å²) in [6.07, 6.45) is 14.4. The molecule has 2 saturated heterocycles. The fourth-order valence-corrected chi connectivity index (χ4v) is 5.74. The minimum atomic E-state index is 0.468. The van der Waals surface area contributed by atoms with E-state index < -0.39 is 0 Å². The zero-order chi connectivity index (χ0) is 15.8. The zero-order valence-corrected chi connectivity index (χ0v) is 16.4. The quantitative estimate of drug-likeness (QED) is 0.392. The maximum Gasteiger partial charge on any atom is 0.153 e. The normalized spacial score (nSPS) is 48.3. The Morgan fingerprint density at radius 3 is 2.18 bits per heavy atom. The summed E-state index contributed by atoms with van der Waals surface area (Å²) in [5, 5.41) is 0.468. The molecule has 0 aromatic carbocycles. The summed E-state index contributed by atoms with van der Waals surface area (Å²) in [6.45, 7) is 9.25. The van der Waals surface area contributed by atoms with Gasteiger partial charge in [0.25, 0.3) is 0 Å². The van der Waals surface area contributed by atoms with Crippen LogP contribution in [0, 0.1) is 0 Å². The molecule has 128 valence electrons. The van der Waals surface area contributed by atoms with E-state index in [0.29, 0.717) is 10.7 Å². The van der Waals surface area contributed by atoms with Crippen LogP contribution in [0.5, 0.6) is 0 Å². The van der Waals surface area contributed by atoms with Crippen molar-refractivity contribution in [3.05, 3.63) is 0 Å². The lowest BCUT2D eigenvalue weighted by Gasteiger charge is -2.41. The molecule has 2 heterocycles. The molecule has 5 atom stereocenters. The number of hydrogen-bond acceptors (Lipinski definition) is 1. The summed E-state index contributed by atoms with van der Waals surface area (Å²) >= 11 is 0. The average molecular weight is 326 g/mol. The van der Waals surface area contributed by atoms with Crippen molar-refractivity contribution in [2.75, 3.05) is 26.8 Å². The molecular weight excluding hydrogens is 287 g/mol. The lowest BCUT2D eigenvalue weighted by Crippen LogP contribution is -2.51. The second-order valence-electron chi connectivity index (χ2n) is 9.32. The van der Waals surface area contributed by atoms with Gasteiger partial charge in [-0.3, -0.25) is 9.38 Å². The van der Waals surface area contributed by atoms with Crippen molar-refractivity contribution in [1.82, 2.24) is 4.90 Å². The molecule has 3 heteroatoms. The molecule has 2 aliphatic heterocycles. The number of nitrogens with zero attached hydrogens (tertiary/aromatic N) is 2. The van der Waals surface area contributed by atoms with Gasteiger partial charge in [0.15, 0.2) is 6.04 Å². The van der Waals surface area contributed by atoms with Crippen molar-refractivity contribution in [2.45, 2.75) is 94.8 Å². The van der Waals surface area contributed by atoms with Gasteiger partial charge < -0.3 is 0 Å². The summed E-state index contributed by atoms with van der Waals surface area (Å²) in [6, 6.07) is 0.957. The van der Waals surface area contributed by atoms with E-state index in [1.54, 1.807) is 0 Å². The van der Waals surface area contributed by atoms with Crippen molar-refractivity contribution in [3.8, 4) is 0 Å². The molecule has 1 aliphatic carbocycles. The van der Waals surface area contributed by atoms with E-state index in [9.17, 15) is 0 Å². The summed E-state index contributed by atoms with van der Waals surface area (Å²) in [5.41, 5.74) is 0.534. The Hall–Kier alpha value is 0.350. The summed E-state index contributed by atoms with van der Waals surface area (Å²) < 4.78 is 1.43. The maximum absolute atomic E-state index is 3.21. The predicted octanol–water partition coefficient (Wildman–Crippen LogP) is 4.40. The van der Waals surface area contributed by atoms with Gasteiger partial charge in [-0.15, -0.1) is 9.24 Å². The topological polar surface area (TPSA) is 3.24 Å². The molecule has 3 rings (SSSR count). The molecule has 4 unspecified atom stereocenters. The van der Waals surface area contributed by atoms with Crippen LogP contribution in [0.25, 0.3) is 0 Å². The molecule has 22 heavy (non-hydrogen) atoms. The molecule has 3 aliphatic rings. The predicted molar refractivity (Wildman–Crippen MR) is 99.1 cm³/mol. The Balaban J connectivity index is 1.72. The van der Waals surface area contributed by atoms with Crippen LogP contribution < -0.4 is 0 Å². The molecule has 0 bridgehead atoms. The van der Waals surface area contributed by atoms with Crippen LogP contribution in [0.3, 0.4) is 0 Å². The first-order valence-electron chi connectivity index (χ1n) is 9.71. The fourth-order valence-electron chi connectivity index (χ4n) is 5.39. The van der Waals surface area contributed by atoms with Gasteiger partial charge >= 0.3 is 0 Å². The van der Waals surface area contributed by atoms with Crippen molar-refractivity contribution >= 4 is 9.24 Å². The first kappa shape index (κ1) is 17.2. The second kappa shape index (κ2) is 6.34. The van der Waals surface area contributed by atoms with Gasteiger partial charge in [0.1, 0.15) is 13.2 Å². The smallest absolute Gasteiger partial charge is 0.153 e. The van der Waals surface area contributed by atoms with Crippen LogP contribution in [0.1, 0.15) is 78.1 Å². The monoisotopic (exact) mass is 325 g/mol. The van der Waals surface area contributed by atoms with Gasteiger partial charge in [-0.2, -0.15) is 0 Å².